The third-order valence-corrected chi connectivity index (χ3v) is 1.82. The van der Waals surface area contributed by atoms with E-state index in [0.29, 0.717) is 6.42 Å². The minimum atomic E-state index is -0.354. The van der Waals surface area contributed by atoms with Crippen LogP contribution in [0.2, 0.25) is 0 Å². The first-order valence-electron chi connectivity index (χ1n) is 4.00. The number of nitrogens with two attached hydrogens (primary N) is 1. The summed E-state index contributed by atoms with van der Waals surface area (Å²) < 4.78 is 0. The van der Waals surface area contributed by atoms with Crippen molar-refractivity contribution in [3.63, 3.8) is 0 Å². The molecule has 1 aromatic carbocycles. The van der Waals surface area contributed by atoms with E-state index in [9.17, 15) is 4.79 Å². The van der Waals surface area contributed by atoms with Gasteiger partial charge in [-0.15, -0.1) is 0 Å². The van der Waals surface area contributed by atoms with Crippen LogP contribution in [-0.2, 0) is 11.2 Å². The lowest BCUT2D eigenvalue weighted by Gasteiger charge is -2.06. The van der Waals surface area contributed by atoms with E-state index in [1.165, 1.54) is 6.92 Å². The van der Waals surface area contributed by atoms with E-state index in [0.717, 1.165) is 5.56 Å². The lowest BCUT2D eigenvalue weighted by Crippen LogP contribution is -2.30. The quantitative estimate of drug-likeness (QED) is 0.768. The monoisotopic (exact) mass is 179 g/mol. The molecule has 0 radical (unpaired) electrons. The van der Waals surface area contributed by atoms with Crippen LogP contribution in [0, 0.1) is 0 Å². The largest absolute Gasteiger partial charge is 0.321 e. The van der Waals surface area contributed by atoms with Gasteiger partial charge in [0.15, 0.2) is 0 Å². The minimum Gasteiger partial charge on any atom is -0.321 e. The number of carbonyl (C=O) groups excluding carboxylic acids is 1. The van der Waals surface area contributed by atoms with Gasteiger partial charge in [0.25, 0.3) is 0 Å². The van der Waals surface area contributed by atoms with Crippen molar-refractivity contribution in [2.45, 2.75) is 26.8 Å². The highest BCUT2D eigenvalue weighted by molar-refractivity contribution is 5.81. The van der Waals surface area contributed by atoms with Gasteiger partial charge in [0, 0.05) is 0 Å². The maximum Gasteiger partial charge on any atom is 0.146 e. The van der Waals surface area contributed by atoms with E-state index in [1.54, 1.807) is 0 Å². The summed E-state index contributed by atoms with van der Waals surface area (Å²) in [5.41, 5.74) is 6.71. The van der Waals surface area contributed by atoms with E-state index in [4.69, 9.17) is 5.73 Å². The lowest BCUT2D eigenvalue weighted by atomic mass is 10.0. The van der Waals surface area contributed by atoms with Gasteiger partial charge in [0.1, 0.15) is 5.78 Å². The fraction of sp³-hybridized carbons (Fsp3) is 0.364. The van der Waals surface area contributed by atoms with Gasteiger partial charge in [-0.25, -0.2) is 0 Å². The highest BCUT2D eigenvalue weighted by Gasteiger charge is 2.07. The Labute approximate surface area is 79.8 Å². The van der Waals surface area contributed by atoms with Gasteiger partial charge in [-0.05, 0) is 18.9 Å². The summed E-state index contributed by atoms with van der Waals surface area (Å²) in [6, 6.07) is 9.44. The zero-order chi connectivity index (χ0) is 8.97. The van der Waals surface area contributed by atoms with Crippen LogP contribution in [-0.4, -0.2) is 11.8 Å². The zero-order valence-electron chi connectivity index (χ0n) is 7.16. The van der Waals surface area contributed by atoms with Gasteiger partial charge in [0.05, 0.1) is 6.04 Å². The zero-order valence-corrected chi connectivity index (χ0v) is 7.16. The smallest absolute Gasteiger partial charge is 0.146 e. The molecule has 1 atom stereocenters. The Bertz CT molecular complexity index is 256. The first-order valence-corrected chi connectivity index (χ1v) is 4.00. The molecule has 2 nitrogen and oxygen atoms in total. The van der Waals surface area contributed by atoms with Gasteiger partial charge in [-0.3, -0.25) is 4.79 Å². The lowest BCUT2D eigenvalue weighted by molar-refractivity contribution is -0.118. The van der Waals surface area contributed by atoms with Crippen molar-refractivity contribution in [1.29, 1.82) is 0 Å². The van der Waals surface area contributed by atoms with Crippen molar-refractivity contribution in [2.24, 2.45) is 5.73 Å². The summed E-state index contributed by atoms with van der Waals surface area (Å²) in [5, 5.41) is 0. The van der Waals surface area contributed by atoms with E-state index >= 15 is 0 Å². The summed E-state index contributed by atoms with van der Waals surface area (Å²) in [4.78, 5) is 10.8. The molecule has 0 aromatic heterocycles. The van der Waals surface area contributed by atoms with Gasteiger partial charge >= 0.3 is 0 Å². The molecule has 0 bridgehead atoms. The first kappa shape index (κ1) is 11.8. The molecule has 1 aromatic rings. The predicted molar refractivity (Wildman–Crippen MR) is 55.5 cm³/mol. The molecule has 0 fully saturated rings. The summed E-state index contributed by atoms with van der Waals surface area (Å²) in [6.45, 7) is 1.52. The van der Waals surface area contributed by atoms with E-state index in [1.807, 2.05) is 30.3 Å². The summed E-state index contributed by atoms with van der Waals surface area (Å²) in [6.07, 6.45) is 0.635. The topological polar surface area (TPSA) is 43.1 Å². The highest BCUT2D eigenvalue weighted by atomic mass is 16.1. The second kappa shape index (κ2) is 5.49. The third kappa shape index (κ3) is 3.85. The molecule has 13 heavy (non-hydrogen) atoms. The number of hydrogen-bond donors (Lipinski definition) is 1. The van der Waals surface area contributed by atoms with Crippen LogP contribution in [0.25, 0.3) is 0 Å². The molecule has 0 unspecified atom stereocenters. The number of hydrogen-bond acceptors (Lipinski definition) is 2. The van der Waals surface area contributed by atoms with Gasteiger partial charge in [-0.1, -0.05) is 37.8 Å². The van der Waals surface area contributed by atoms with Crippen LogP contribution in [0.1, 0.15) is 19.9 Å². The molecule has 0 aliphatic heterocycles. The van der Waals surface area contributed by atoms with Gasteiger partial charge < -0.3 is 5.73 Å². The average Bonchev–Trinajstić information content (AvgIpc) is 2.06. The van der Waals surface area contributed by atoms with Crippen molar-refractivity contribution in [1.82, 2.24) is 0 Å². The summed E-state index contributed by atoms with van der Waals surface area (Å²) >= 11 is 0. The Hall–Kier alpha value is -1.15. The maximum atomic E-state index is 10.8. The molecule has 0 saturated heterocycles. The van der Waals surface area contributed by atoms with Crippen LogP contribution in [0.4, 0.5) is 0 Å². The Kier molecular flexibility index (Phi) is 5.00. The molecule has 0 heterocycles. The average molecular weight is 179 g/mol. The second-order valence-electron chi connectivity index (χ2n) is 2.91. The second-order valence-corrected chi connectivity index (χ2v) is 2.91. The third-order valence-electron chi connectivity index (χ3n) is 1.82. The van der Waals surface area contributed by atoms with E-state index < -0.39 is 0 Å². The van der Waals surface area contributed by atoms with E-state index in [2.05, 4.69) is 0 Å². The highest BCUT2D eigenvalue weighted by Crippen LogP contribution is 2.01. The molecule has 0 aliphatic rings. The fourth-order valence-corrected chi connectivity index (χ4v) is 1.01. The molecule has 2 N–H and O–H groups in total. The summed E-state index contributed by atoms with van der Waals surface area (Å²) in [7, 11) is 0. The minimum absolute atomic E-state index is 0. The fourth-order valence-electron chi connectivity index (χ4n) is 1.01. The van der Waals surface area contributed by atoms with Crippen molar-refractivity contribution in [3.8, 4) is 0 Å². The SMILES string of the molecule is C.CC(=O)[C@@H](N)Cc1ccccc1. The van der Waals surface area contributed by atoms with Crippen molar-refractivity contribution in [3.05, 3.63) is 35.9 Å². The van der Waals surface area contributed by atoms with Crippen LogP contribution >= 0.6 is 0 Å². The normalized spacial score (nSPS) is 11.5. The van der Waals surface area contributed by atoms with Crippen LogP contribution < -0.4 is 5.73 Å². The Morgan fingerprint density at radius 2 is 1.92 bits per heavy atom. The first-order chi connectivity index (χ1) is 5.70. The maximum absolute atomic E-state index is 10.8. The number of carbonyl (C=O) groups is 1. The van der Waals surface area contributed by atoms with Crippen molar-refractivity contribution >= 4 is 5.78 Å². The molecular formula is C11H17NO. The Morgan fingerprint density at radius 1 is 1.38 bits per heavy atom. The van der Waals surface area contributed by atoms with Crippen LogP contribution in [0.3, 0.4) is 0 Å². The van der Waals surface area contributed by atoms with Gasteiger partial charge in [0.2, 0.25) is 0 Å². The number of benzene rings is 1. The molecule has 0 aliphatic carbocycles. The van der Waals surface area contributed by atoms with Crippen molar-refractivity contribution in [2.75, 3.05) is 0 Å². The molecule has 2 heteroatoms. The summed E-state index contributed by atoms with van der Waals surface area (Å²) in [5.74, 6) is 0.0406. The van der Waals surface area contributed by atoms with Crippen LogP contribution in [0.15, 0.2) is 30.3 Å². The molecule has 72 valence electrons. The van der Waals surface area contributed by atoms with E-state index in [-0.39, 0.29) is 19.3 Å². The molecule has 1 rings (SSSR count). The standard InChI is InChI=1S/C10H13NO.CH4/c1-8(12)10(11)7-9-5-3-2-4-6-9;/h2-6,10H,7,11H2,1H3;1H4/t10-;/m0./s1. The van der Waals surface area contributed by atoms with Gasteiger partial charge in [-0.2, -0.15) is 0 Å². The molecular weight excluding hydrogens is 162 g/mol. The van der Waals surface area contributed by atoms with Crippen LogP contribution in [0.5, 0.6) is 0 Å². The Morgan fingerprint density at radius 3 is 2.38 bits per heavy atom. The predicted octanol–water partition coefficient (Wildman–Crippen LogP) is 1.78. The molecule has 0 spiro atoms. The number of ketones is 1. The number of rotatable bonds is 3. The number of Topliss-reactive ketones (excluding diaryl/α,β-unsaturated/α-hetero) is 1. The molecule has 0 saturated carbocycles. The van der Waals surface area contributed by atoms with Crippen molar-refractivity contribution < 1.29 is 4.79 Å². The molecule has 0 amide bonds. The Balaban J connectivity index is 0.00000144.